The molecule has 1 atom stereocenters. The summed E-state index contributed by atoms with van der Waals surface area (Å²) in [5.74, 6) is -0.0793. The first-order valence-electron chi connectivity index (χ1n) is 7.78. The van der Waals surface area contributed by atoms with Crippen LogP contribution in [0.15, 0.2) is 24.3 Å². The molecule has 0 bridgehead atoms. The van der Waals surface area contributed by atoms with Gasteiger partial charge in [-0.3, -0.25) is 4.79 Å². The number of benzene rings is 1. The van der Waals surface area contributed by atoms with Crippen LogP contribution < -0.4 is 10.6 Å². The maximum atomic E-state index is 12.5. The first kappa shape index (κ1) is 15.5. The van der Waals surface area contributed by atoms with Gasteiger partial charge in [-0.1, -0.05) is 18.2 Å². The van der Waals surface area contributed by atoms with E-state index in [-0.39, 0.29) is 5.91 Å². The summed E-state index contributed by atoms with van der Waals surface area (Å²) in [6, 6.07) is 8.06. The molecule has 1 amide bonds. The van der Waals surface area contributed by atoms with E-state index in [9.17, 15) is 9.90 Å². The van der Waals surface area contributed by atoms with Gasteiger partial charge in [0.15, 0.2) is 0 Å². The minimum Gasteiger partial charge on any atom is -0.388 e. The number of amides is 1. The van der Waals surface area contributed by atoms with E-state index in [0.717, 1.165) is 46.5 Å². The average Bonchev–Trinajstić information content (AvgIpc) is 2.71. The summed E-state index contributed by atoms with van der Waals surface area (Å²) >= 11 is 1.52. The number of hydrogen-bond donors (Lipinski definition) is 3. The maximum Gasteiger partial charge on any atom is 0.261 e. The summed E-state index contributed by atoms with van der Waals surface area (Å²) in [4.78, 5) is 13.2. The van der Waals surface area contributed by atoms with Gasteiger partial charge in [0.1, 0.15) is 0 Å². The van der Waals surface area contributed by atoms with Crippen molar-refractivity contribution in [1.82, 2.24) is 10.6 Å². The summed E-state index contributed by atoms with van der Waals surface area (Å²) in [7, 11) is 0. The molecule has 1 aromatic heterocycles. The highest BCUT2D eigenvalue weighted by molar-refractivity contribution is 7.21. The van der Waals surface area contributed by atoms with Gasteiger partial charge in [-0.05, 0) is 56.3 Å². The Labute approximate surface area is 134 Å². The molecule has 1 saturated heterocycles. The standard InChI is InChI=1S/C17H22N2O2S/c1-12-13-5-2-3-6-14(13)22-15(12)16(20)19-11-17(21)7-4-9-18-10-8-17/h2-3,5-6,18,21H,4,7-11H2,1H3,(H,19,20)/t17-/m1/s1. The predicted molar refractivity (Wildman–Crippen MR) is 90.6 cm³/mol. The molecule has 118 valence electrons. The van der Waals surface area contributed by atoms with Crippen LogP contribution in [0.25, 0.3) is 10.1 Å². The summed E-state index contributed by atoms with van der Waals surface area (Å²) in [5, 5.41) is 17.9. The Hall–Kier alpha value is -1.43. The third-order valence-corrected chi connectivity index (χ3v) is 5.66. The van der Waals surface area contributed by atoms with E-state index in [1.54, 1.807) is 0 Å². The van der Waals surface area contributed by atoms with Crippen molar-refractivity contribution in [3.63, 3.8) is 0 Å². The van der Waals surface area contributed by atoms with E-state index in [2.05, 4.69) is 10.6 Å². The minimum atomic E-state index is -0.788. The lowest BCUT2D eigenvalue weighted by atomic mass is 9.95. The van der Waals surface area contributed by atoms with Gasteiger partial charge >= 0.3 is 0 Å². The Morgan fingerprint density at radius 3 is 3.00 bits per heavy atom. The monoisotopic (exact) mass is 318 g/mol. The second kappa shape index (κ2) is 6.36. The maximum absolute atomic E-state index is 12.5. The second-order valence-electron chi connectivity index (χ2n) is 6.06. The first-order chi connectivity index (χ1) is 10.6. The molecule has 4 nitrogen and oxygen atoms in total. The van der Waals surface area contributed by atoms with Gasteiger partial charge < -0.3 is 15.7 Å². The van der Waals surface area contributed by atoms with Crippen LogP contribution in [0.1, 0.15) is 34.5 Å². The lowest BCUT2D eigenvalue weighted by molar-refractivity contribution is 0.0276. The number of fused-ring (bicyclic) bond motifs is 1. The second-order valence-corrected chi connectivity index (χ2v) is 7.12. The number of aryl methyl sites for hydroxylation is 1. The van der Waals surface area contributed by atoms with Crippen LogP contribution >= 0.6 is 11.3 Å². The van der Waals surface area contributed by atoms with Crippen molar-refractivity contribution >= 4 is 27.3 Å². The number of thiophene rings is 1. The van der Waals surface area contributed by atoms with E-state index in [1.807, 2.05) is 31.2 Å². The highest BCUT2D eigenvalue weighted by Gasteiger charge is 2.29. The summed E-state index contributed by atoms with van der Waals surface area (Å²) in [5.41, 5.74) is 0.233. The molecule has 1 fully saturated rings. The summed E-state index contributed by atoms with van der Waals surface area (Å²) in [6.45, 7) is 4.04. The Morgan fingerprint density at radius 2 is 2.18 bits per heavy atom. The molecule has 0 radical (unpaired) electrons. The van der Waals surface area contributed by atoms with Gasteiger partial charge in [-0.2, -0.15) is 0 Å². The van der Waals surface area contributed by atoms with Gasteiger partial charge in [0.25, 0.3) is 5.91 Å². The molecule has 1 aliphatic rings. The molecule has 5 heteroatoms. The zero-order valence-electron chi connectivity index (χ0n) is 12.8. The molecule has 3 N–H and O–H groups in total. The topological polar surface area (TPSA) is 61.4 Å². The number of carbonyl (C=O) groups is 1. The van der Waals surface area contributed by atoms with E-state index in [0.29, 0.717) is 13.0 Å². The summed E-state index contributed by atoms with van der Waals surface area (Å²) < 4.78 is 1.13. The quantitative estimate of drug-likeness (QED) is 0.814. The molecule has 3 rings (SSSR count). The van der Waals surface area contributed by atoms with Gasteiger partial charge in [0.05, 0.1) is 10.5 Å². The molecule has 2 aromatic rings. The van der Waals surface area contributed by atoms with Crippen LogP contribution in [0.4, 0.5) is 0 Å². The first-order valence-corrected chi connectivity index (χ1v) is 8.60. The van der Waals surface area contributed by atoms with Crippen LogP contribution in [0.5, 0.6) is 0 Å². The van der Waals surface area contributed by atoms with Crippen molar-refractivity contribution in [2.24, 2.45) is 0 Å². The van der Waals surface area contributed by atoms with Crippen molar-refractivity contribution in [2.45, 2.75) is 31.8 Å². The average molecular weight is 318 g/mol. The van der Waals surface area contributed by atoms with Crippen LogP contribution in [0.3, 0.4) is 0 Å². The Bertz CT molecular complexity index is 672. The number of aliphatic hydroxyl groups is 1. The number of nitrogens with one attached hydrogen (secondary N) is 2. The van der Waals surface area contributed by atoms with E-state index in [1.165, 1.54) is 11.3 Å². The van der Waals surface area contributed by atoms with E-state index >= 15 is 0 Å². The fourth-order valence-corrected chi connectivity index (χ4v) is 4.13. The normalized spacial score (nSPS) is 22.5. The van der Waals surface area contributed by atoms with Gasteiger partial charge in [-0.25, -0.2) is 0 Å². The smallest absolute Gasteiger partial charge is 0.261 e. The minimum absolute atomic E-state index is 0.0793. The lowest BCUT2D eigenvalue weighted by Gasteiger charge is -2.26. The molecule has 1 aromatic carbocycles. The van der Waals surface area contributed by atoms with Crippen molar-refractivity contribution in [1.29, 1.82) is 0 Å². The molecule has 2 heterocycles. The summed E-state index contributed by atoms with van der Waals surface area (Å²) in [6.07, 6.45) is 2.35. The largest absolute Gasteiger partial charge is 0.388 e. The molecule has 0 saturated carbocycles. The zero-order chi connectivity index (χ0) is 15.6. The van der Waals surface area contributed by atoms with Crippen molar-refractivity contribution in [3.8, 4) is 0 Å². The third kappa shape index (κ3) is 3.16. The molecule has 0 spiro atoms. The highest BCUT2D eigenvalue weighted by atomic mass is 32.1. The fourth-order valence-electron chi connectivity index (χ4n) is 3.01. The molecule has 0 unspecified atom stereocenters. The lowest BCUT2D eigenvalue weighted by Crippen LogP contribution is -2.43. The SMILES string of the molecule is Cc1c(C(=O)NC[C@@]2(O)CCCNCC2)sc2ccccc12. The molecular weight excluding hydrogens is 296 g/mol. The highest BCUT2D eigenvalue weighted by Crippen LogP contribution is 2.30. The van der Waals surface area contributed by atoms with Crippen molar-refractivity contribution < 1.29 is 9.90 Å². The predicted octanol–water partition coefficient (Wildman–Crippen LogP) is 2.44. The van der Waals surface area contributed by atoms with Gasteiger partial charge in [-0.15, -0.1) is 11.3 Å². The number of rotatable bonds is 3. The Kier molecular flexibility index (Phi) is 4.47. The van der Waals surface area contributed by atoms with E-state index < -0.39 is 5.60 Å². The Morgan fingerprint density at radius 1 is 1.36 bits per heavy atom. The third-order valence-electron chi connectivity index (χ3n) is 4.39. The van der Waals surface area contributed by atoms with Gasteiger partial charge in [0.2, 0.25) is 0 Å². The number of hydrogen-bond acceptors (Lipinski definition) is 4. The van der Waals surface area contributed by atoms with Crippen LogP contribution in [0.2, 0.25) is 0 Å². The molecular formula is C17H22N2O2S. The number of carbonyl (C=O) groups excluding carboxylic acids is 1. The van der Waals surface area contributed by atoms with E-state index in [4.69, 9.17) is 0 Å². The van der Waals surface area contributed by atoms with Crippen molar-refractivity contribution in [2.75, 3.05) is 19.6 Å². The van der Waals surface area contributed by atoms with Crippen LogP contribution in [-0.4, -0.2) is 36.2 Å². The molecule has 1 aliphatic heterocycles. The van der Waals surface area contributed by atoms with Gasteiger partial charge in [0, 0.05) is 11.2 Å². The molecule has 0 aliphatic carbocycles. The molecule has 22 heavy (non-hydrogen) atoms. The fraction of sp³-hybridized carbons (Fsp3) is 0.471. The van der Waals surface area contributed by atoms with Crippen molar-refractivity contribution in [3.05, 3.63) is 34.7 Å². The van der Waals surface area contributed by atoms with Crippen LogP contribution in [-0.2, 0) is 0 Å². The Balaban J connectivity index is 1.72. The zero-order valence-corrected chi connectivity index (χ0v) is 13.6. The van der Waals surface area contributed by atoms with Crippen LogP contribution in [0, 0.1) is 6.92 Å².